The summed E-state index contributed by atoms with van der Waals surface area (Å²) in [6, 6.07) is 17.7. The number of hydrogen-bond donors (Lipinski definition) is 2. The summed E-state index contributed by atoms with van der Waals surface area (Å²) in [4.78, 5) is 27.6. The van der Waals surface area contributed by atoms with Crippen molar-refractivity contribution in [2.75, 3.05) is 38.1 Å². The first kappa shape index (κ1) is 19.9. The van der Waals surface area contributed by atoms with Crippen molar-refractivity contribution in [3.8, 4) is 11.1 Å². The second kappa shape index (κ2) is 9.37. The Hall–Kier alpha value is -2.86. The molecule has 0 aliphatic carbocycles. The molecule has 0 saturated carbocycles. The molecule has 6 nitrogen and oxygen atoms in total. The largest absolute Gasteiger partial charge is 0.450 e. The zero-order valence-electron chi connectivity index (χ0n) is 16.5. The smallest absolute Gasteiger partial charge is 0.410 e. The predicted molar refractivity (Wildman–Crippen MR) is 109 cm³/mol. The quantitative estimate of drug-likeness (QED) is 0.832. The fraction of sp³-hybridized carbons (Fsp3) is 0.364. The first-order chi connectivity index (χ1) is 13.6. The molecular formula is C22H28N3O3+. The van der Waals surface area contributed by atoms with Gasteiger partial charge in [0.1, 0.15) is 0 Å². The third-order valence-corrected chi connectivity index (χ3v) is 5.21. The number of carbonyl (C=O) groups excluding carboxylic acids is 2. The number of piperazine rings is 1. The lowest BCUT2D eigenvalue weighted by Crippen LogP contribution is -3.19. The number of nitrogens with one attached hydrogen (secondary N) is 2. The maximum absolute atomic E-state index is 12.9. The number of carbonyl (C=O) groups is 2. The number of amides is 2. The van der Waals surface area contributed by atoms with E-state index < -0.39 is 0 Å². The third kappa shape index (κ3) is 4.70. The highest BCUT2D eigenvalue weighted by Crippen LogP contribution is 2.27. The minimum absolute atomic E-state index is 0.0111. The number of benzene rings is 2. The van der Waals surface area contributed by atoms with Crippen LogP contribution in [-0.4, -0.2) is 55.7 Å². The summed E-state index contributed by atoms with van der Waals surface area (Å²) in [6.45, 7) is 6.79. The van der Waals surface area contributed by atoms with Gasteiger partial charge in [-0.05, 0) is 25.5 Å². The summed E-state index contributed by atoms with van der Waals surface area (Å²) in [5.74, 6) is -0.0111. The molecule has 0 bridgehead atoms. The number of hydrogen-bond acceptors (Lipinski definition) is 3. The lowest BCUT2D eigenvalue weighted by atomic mass is 10.0. The van der Waals surface area contributed by atoms with Crippen LogP contribution in [0.2, 0.25) is 0 Å². The van der Waals surface area contributed by atoms with Crippen LogP contribution in [0.25, 0.3) is 11.1 Å². The Kier molecular flexibility index (Phi) is 6.66. The molecule has 1 heterocycles. The summed E-state index contributed by atoms with van der Waals surface area (Å²) in [7, 11) is 0. The van der Waals surface area contributed by atoms with Gasteiger partial charge in [-0.1, -0.05) is 48.5 Å². The Balaban J connectivity index is 1.62. The average molecular weight is 382 g/mol. The maximum Gasteiger partial charge on any atom is 0.410 e. The van der Waals surface area contributed by atoms with Crippen LogP contribution in [-0.2, 0) is 9.53 Å². The van der Waals surface area contributed by atoms with Crippen molar-refractivity contribution < 1.29 is 19.2 Å². The average Bonchev–Trinajstić information content (AvgIpc) is 2.74. The fourth-order valence-corrected chi connectivity index (χ4v) is 3.51. The van der Waals surface area contributed by atoms with E-state index in [0.29, 0.717) is 19.7 Å². The fourth-order valence-electron chi connectivity index (χ4n) is 3.51. The molecular weight excluding hydrogens is 354 g/mol. The van der Waals surface area contributed by atoms with Crippen molar-refractivity contribution in [3.63, 3.8) is 0 Å². The van der Waals surface area contributed by atoms with E-state index >= 15 is 0 Å². The molecule has 1 aliphatic rings. The van der Waals surface area contributed by atoms with Gasteiger partial charge in [0.15, 0.2) is 6.04 Å². The topological polar surface area (TPSA) is 63.1 Å². The first-order valence-electron chi connectivity index (χ1n) is 9.81. The van der Waals surface area contributed by atoms with E-state index in [-0.39, 0.29) is 18.0 Å². The third-order valence-electron chi connectivity index (χ3n) is 5.21. The van der Waals surface area contributed by atoms with Gasteiger partial charge in [-0.2, -0.15) is 0 Å². The van der Waals surface area contributed by atoms with E-state index in [1.54, 1.807) is 11.8 Å². The van der Waals surface area contributed by atoms with Crippen LogP contribution in [0.5, 0.6) is 0 Å². The summed E-state index contributed by atoms with van der Waals surface area (Å²) in [6.07, 6.45) is -0.268. The number of quaternary nitrogens is 1. The monoisotopic (exact) mass is 382 g/mol. The Labute approximate surface area is 166 Å². The number of anilines is 1. The normalized spacial score (nSPS) is 15.7. The number of nitrogens with zero attached hydrogens (tertiary/aromatic N) is 1. The van der Waals surface area contributed by atoms with Crippen molar-refractivity contribution in [2.45, 2.75) is 19.9 Å². The lowest BCUT2D eigenvalue weighted by Gasteiger charge is -2.34. The van der Waals surface area contributed by atoms with Crippen molar-refractivity contribution in [1.29, 1.82) is 0 Å². The number of para-hydroxylation sites is 1. The zero-order valence-corrected chi connectivity index (χ0v) is 16.5. The van der Waals surface area contributed by atoms with Crippen molar-refractivity contribution >= 4 is 17.7 Å². The number of ether oxygens (including phenoxy) is 1. The van der Waals surface area contributed by atoms with Crippen LogP contribution >= 0.6 is 0 Å². The lowest BCUT2D eigenvalue weighted by molar-refractivity contribution is -0.917. The molecule has 6 heteroatoms. The minimum atomic E-state index is -0.268. The molecule has 2 aromatic rings. The molecule has 3 rings (SSSR count). The zero-order chi connectivity index (χ0) is 19.9. The molecule has 2 N–H and O–H groups in total. The van der Waals surface area contributed by atoms with Gasteiger partial charge in [0.05, 0.1) is 32.8 Å². The molecule has 1 fully saturated rings. The summed E-state index contributed by atoms with van der Waals surface area (Å²) >= 11 is 0. The van der Waals surface area contributed by atoms with Crippen LogP contribution in [0.3, 0.4) is 0 Å². The molecule has 28 heavy (non-hydrogen) atoms. The first-order valence-corrected chi connectivity index (χ1v) is 9.81. The molecule has 1 aliphatic heterocycles. The predicted octanol–water partition coefficient (Wildman–Crippen LogP) is 2.04. The molecule has 0 unspecified atom stereocenters. The Morgan fingerprint density at radius 3 is 2.39 bits per heavy atom. The standard InChI is InChI=1S/C22H27N3O3/c1-3-28-22(27)25-15-13-24(14-16-25)17(2)21(26)23-20-12-8-7-11-19(20)18-9-5-4-6-10-18/h4-12,17H,3,13-16H2,1-2H3,(H,23,26)/p+1/t17-/m1/s1. The molecule has 0 aromatic heterocycles. The van der Waals surface area contributed by atoms with Crippen molar-refractivity contribution in [1.82, 2.24) is 4.90 Å². The van der Waals surface area contributed by atoms with Crippen LogP contribution in [0.1, 0.15) is 13.8 Å². The highest BCUT2D eigenvalue weighted by Gasteiger charge is 2.31. The maximum atomic E-state index is 12.9. The van der Waals surface area contributed by atoms with E-state index in [0.717, 1.165) is 29.9 Å². The summed E-state index contributed by atoms with van der Waals surface area (Å²) in [5.41, 5.74) is 2.89. The van der Waals surface area contributed by atoms with Gasteiger partial charge >= 0.3 is 6.09 Å². The van der Waals surface area contributed by atoms with Gasteiger partial charge in [-0.15, -0.1) is 0 Å². The van der Waals surface area contributed by atoms with E-state index in [2.05, 4.69) is 5.32 Å². The van der Waals surface area contributed by atoms with Crippen molar-refractivity contribution in [3.05, 3.63) is 54.6 Å². The number of rotatable bonds is 5. The van der Waals surface area contributed by atoms with Gasteiger partial charge in [0.25, 0.3) is 5.91 Å². The van der Waals surface area contributed by atoms with E-state index in [9.17, 15) is 9.59 Å². The molecule has 1 atom stereocenters. The van der Waals surface area contributed by atoms with Gasteiger partial charge in [0, 0.05) is 11.3 Å². The van der Waals surface area contributed by atoms with Crippen LogP contribution in [0, 0.1) is 0 Å². The second-order valence-electron chi connectivity index (χ2n) is 6.97. The SMILES string of the molecule is CCOC(=O)N1CC[NH+]([C@H](C)C(=O)Nc2ccccc2-c2ccccc2)CC1. The second-order valence-corrected chi connectivity index (χ2v) is 6.97. The van der Waals surface area contributed by atoms with Gasteiger partial charge in [0.2, 0.25) is 0 Å². The Morgan fingerprint density at radius 2 is 1.71 bits per heavy atom. The molecule has 0 radical (unpaired) electrons. The van der Waals surface area contributed by atoms with E-state index in [1.807, 2.05) is 61.5 Å². The van der Waals surface area contributed by atoms with Crippen molar-refractivity contribution in [2.24, 2.45) is 0 Å². The molecule has 148 valence electrons. The van der Waals surface area contributed by atoms with E-state index in [4.69, 9.17) is 4.74 Å². The molecule has 2 amide bonds. The van der Waals surface area contributed by atoms with E-state index in [1.165, 1.54) is 4.90 Å². The van der Waals surface area contributed by atoms with Gasteiger partial charge in [-0.25, -0.2) is 4.79 Å². The van der Waals surface area contributed by atoms with Gasteiger partial charge in [-0.3, -0.25) is 9.69 Å². The highest BCUT2D eigenvalue weighted by atomic mass is 16.6. The molecule has 2 aromatic carbocycles. The summed E-state index contributed by atoms with van der Waals surface area (Å²) < 4.78 is 5.06. The Bertz CT molecular complexity index is 802. The molecule has 0 spiro atoms. The van der Waals surface area contributed by atoms with Crippen LogP contribution in [0.4, 0.5) is 10.5 Å². The Morgan fingerprint density at radius 1 is 1.07 bits per heavy atom. The minimum Gasteiger partial charge on any atom is -0.450 e. The van der Waals surface area contributed by atoms with Gasteiger partial charge < -0.3 is 15.0 Å². The van der Waals surface area contributed by atoms with Crippen LogP contribution < -0.4 is 10.2 Å². The van der Waals surface area contributed by atoms with Crippen LogP contribution in [0.15, 0.2) is 54.6 Å². The summed E-state index contributed by atoms with van der Waals surface area (Å²) in [5, 5.41) is 3.10. The molecule has 1 saturated heterocycles. The highest BCUT2D eigenvalue weighted by molar-refractivity contribution is 5.97.